The number of Topliss-reactive ketones (excluding diaryl/α,β-unsaturated/α-hetero) is 2. The summed E-state index contributed by atoms with van der Waals surface area (Å²) in [6, 6.07) is 0.409. The fraction of sp³-hybridized carbons (Fsp3) is 0.517. The number of hydrogen-bond donors (Lipinski definition) is 7. The van der Waals surface area contributed by atoms with Crippen molar-refractivity contribution in [1.82, 2.24) is 10.2 Å². The molecule has 0 aliphatic heterocycles. The van der Waals surface area contributed by atoms with Gasteiger partial charge in [0.05, 0.1) is 23.8 Å². The van der Waals surface area contributed by atoms with E-state index in [1.807, 2.05) is 20.8 Å². The molecule has 0 aromatic heterocycles. The van der Waals surface area contributed by atoms with Crippen molar-refractivity contribution in [3.8, 4) is 5.75 Å². The molecule has 0 bridgehead atoms. The average molecular weight is 622 g/mol. The van der Waals surface area contributed by atoms with Crippen molar-refractivity contribution in [3.63, 3.8) is 0 Å². The molecule has 0 radical (unpaired) electrons. The van der Waals surface area contributed by atoms with Crippen molar-refractivity contribution in [2.45, 2.75) is 50.8 Å². The Hall–Kier alpha value is -3.65. The van der Waals surface area contributed by atoms with Gasteiger partial charge in [0.2, 0.25) is 11.7 Å². The average Bonchev–Trinajstić information content (AvgIpc) is 2.85. The van der Waals surface area contributed by atoms with Crippen LogP contribution in [-0.4, -0.2) is 101 Å². The third kappa shape index (κ3) is 5.46. The fourth-order valence-corrected chi connectivity index (χ4v) is 6.33. The topological polar surface area (TPSA) is 206 Å². The Morgan fingerprint density at radius 2 is 1.72 bits per heavy atom. The van der Waals surface area contributed by atoms with Crippen molar-refractivity contribution < 1.29 is 39.6 Å². The number of nitrogens with two attached hydrogens (primary N) is 1. The molecule has 1 fully saturated rings. The highest BCUT2D eigenvalue weighted by Crippen LogP contribution is 2.54. The van der Waals surface area contributed by atoms with Gasteiger partial charge in [-0.3, -0.25) is 24.1 Å². The Morgan fingerprint density at radius 1 is 1.12 bits per heavy atom. The molecule has 8 N–H and O–H groups in total. The number of halogens is 1. The van der Waals surface area contributed by atoms with Gasteiger partial charge in [0, 0.05) is 36.8 Å². The number of carbonyl (C=O) groups excluding carboxylic acids is 4. The number of aliphatic hydroxyl groups excluding tert-OH is 2. The number of fused-ring (bicyclic) bond motifs is 3. The van der Waals surface area contributed by atoms with E-state index in [1.54, 1.807) is 39.2 Å². The number of phenols is 1. The molecule has 0 spiro atoms. The minimum Gasteiger partial charge on any atom is -0.508 e. The first-order chi connectivity index (χ1) is 19.3. The number of phenolic OH excluding ortho intramolecular Hbond substituents is 1. The summed E-state index contributed by atoms with van der Waals surface area (Å²) in [6.45, 7) is 5.62. The predicted molar refractivity (Wildman–Crippen MR) is 162 cm³/mol. The number of nitrogens with one attached hydrogen (secondary N) is 2. The van der Waals surface area contributed by atoms with Crippen LogP contribution >= 0.6 is 12.4 Å². The second-order valence-corrected chi connectivity index (χ2v) is 12.7. The molecule has 1 aromatic carbocycles. The van der Waals surface area contributed by atoms with Crippen molar-refractivity contribution in [2.24, 2.45) is 17.6 Å². The van der Waals surface area contributed by atoms with E-state index in [1.165, 1.54) is 4.90 Å². The quantitative estimate of drug-likeness (QED) is 0.174. The lowest BCUT2D eigenvalue weighted by Crippen LogP contribution is -2.65. The fourth-order valence-electron chi connectivity index (χ4n) is 6.33. The number of nitrogens with zero attached hydrogens (tertiary/aromatic N) is 2. The minimum absolute atomic E-state index is 0. The number of rotatable bonds is 6. The monoisotopic (exact) mass is 621 g/mol. The zero-order valence-electron chi connectivity index (χ0n) is 25.2. The number of aromatic hydroxyl groups is 1. The van der Waals surface area contributed by atoms with Gasteiger partial charge < -0.3 is 41.7 Å². The van der Waals surface area contributed by atoms with E-state index in [0.29, 0.717) is 11.3 Å². The van der Waals surface area contributed by atoms with Gasteiger partial charge in [-0.2, -0.15) is 0 Å². The molecule has 13 nitrogen and oxygen atoms in total. The molecule has 43 heavy (non-hydrogen) atoms. The van der Waals surface area contributed by atoms with Crippen LogP contribution in [0.5, 0.6) is 5.75 Å². The molecule has 14 heteroatoms. The first-order valence-electron chi connectivity index (χ1n) is 13.6. The normalized spacial score (nSPS) is 25.1. The molecule has 3 unspecified atom stereocenters. The van der Waals surface area contributed by atoms with Crippen molar-refractivity contribution in [2.75, 3.05) is 45.0 Å². The van der Waals surface area contributed by atoms with Gasteiger partial charge in [-0.25, -0.2) is 0 Å². The molecule has 0 heterocycles. The first-order valence-corrected chi connectivity index (χ1v) is 13.6. The van der Waals surface area contributed by atoms with E-state index >= 15 is 0 Å². The molecule has 1 saturated carbocycles. The number of likely N-dealkylation sites (N-methyl/N-ethyl adjacent to an activating group) is 1. The molecule has 0 saturated heterocycles. The van der Waals surface area contributed by atoms with Crippen LogP contribution in [0.1, 0.15) is 38.3 Å². The number of carbonyl (C=O) groups is 4. The van der Waals surface area contributed by atoms with Crippen LogP contribution in [-0.2, 0) is 25.6 Å². The van der Waals surface area contributed by atoms with Crippen LogP contribution in [0.4, 0.5) is 11.4 Å². The lowest BCUT2D eigenvalue weighted by Gasteiger charge is -2.50. The summed E-state index contributed by atoms with van der Waals surface area (Å²) in [5.41, 5.74) is 2.11. The van der Waals surface area contributed by atoms with Crippen LogP contribution in [0, 0.1) is 11.8 Å². The van der Waals surface area contributed by atoms with Crippen LogP contribution in [0.15, 0.2) is 23.0 Å². The Balaban J connectivity index is 0.00000506. The second kappa shape index (κ2) is 11.5. The van der Waals surface area contributed by atoms with Crippen LogP contribution < -0.4 is 21.3 Å². The van der Waals surface area contributed by atoms with Crippen molar-refractivity contribution >= 4 is 52.9 Å². The third-order valence-corrected chi connectivity index (χ3v) is 8.23. The van der Waals surface area contributed by atoms with Gasteiger partial charge in [-0.15, -0.1) is 12.4 Å². The lowest BCUT2D eigenvalue weighted by molar-refractivity contribution is -0.153. The molecule has 3 aliphatic rings. The molecule has 236 valence electrons. The van der Waals surface area contributed by atoms with Gasteiger partial charge in [0.25, 0.3) is 5.91 Å². The minimum atomic E-state index is -2.73. The van der Waals surface area contributed by atoms with Crippen molar-refractivity contribution in [1.29, 1.82) is 0 Å². The summed E-state index contributed by atoms with van der Waals surface area (Å²) >= 11 is 0. The number of amides is 2. The van der Waals surface area contributed by atoms with Gasteiger partial charge >= 0.3 is 0 Å². The number of benzene rings is 1. The standard InChI is InChI=1S/C29H39N5O8.ClH/c1-28(2,3)31-11-17(35)32-15-10-16(33(4)5)13-8-12-9-14-21(34(6)7)24(38)20(27(30)41)26(40)29(14,42)25(39)18(12)23(37)19(13)22(15)36;/h10,12,14,21,31,36-37,40,42H,8-9,11H2,1-7H3,(H2,30,41)(H,32,35);1H/t12?,14?,21-,29?;/m0./s1. The van der Waals surface area contributed by atoms with E-state index in [2.05, 4.69) is 10.6 Å². The largest absolute Gasteiger partial charge is 0.508 e. The maximum absolute atomic E-state index is 14.0. The van der Waals surface area contributed by atoms with E-state index in [0.717, 1.165) is 0 Å². The number of ketones is 2. The number of anilines is 2. The highest BCUT2D eigenvalue weighted by molar-refractivity contribution is 6.24. The van der Waals surface area contributed by atoms with Gasteiger partial charge in [-0.1, -0.05) is 0 Å². The zero-order chi connectivity index (χ0) is 31.6. The highest BCUT2D eigenvalue weighted by atomic mass is 35.5. The molecule has 4 atom stereocenters. The van der Waals surface area contributed by atoms with E-state index in [-0.39, 0.29) is 54.2 Å². The summed E-state index contributed by atoms with van der Waals surface area (Å²) in [5.74, 6) is -7.79. The SMILES string of the molecule is CN(C)c1cc(NC(=O)CNC(C)(C)C)c(O)c2c1CC1CC3[C@H](N(C)C)C(=O)C(C(N)=O)=C(O)C3(O)C(=O)C1=C2O.Cl. The molecule has 3 aliphatic carbocycles. The van der Waals surface area contributed by atoms with E-state index in [9.17, 15) is 39.6 Å². The zero-order valence-corrected chi connectivity index (χ0v) is 26.0. The second-order valence-electron chi connectivity index (χ2n) is 12.7. The summed E-state index contributed by atoms with van der Waals surface area (Å²) in [6.07, 6.45) is 0.117. The van der Waals surface area contributed by atoms with Crippen LogP contribution in [0.2, 0.25) is 0 Å². The smallest absolute Gasteiger partial charge is 0.255 e. The summed E-state index contributed by atoms with van der Waals surface area (Å²) in [7, 11) is 6.58. The summed E-state index contributed by atoms with van der Waals surface area (Å²) in [5, 5.41) is 51.3. The molecular weight excluding hydrogens is 582 g/mol. The number of hydrogen-bond acceptors (Lipinski definition) is 11. The summed E-state index contributed by atoms with van der Waals surface area (Å²) in [4.78, 5) is 55.3. The molecule has 4 rings (SSSR count). The van der Waals surface area contributed by atoms with E-state index < -0.39 is 69.7 Å². The van der Waals surface area contributed by atoms with Gasteiger partial charge in [0.1, 0.15) is 22.8 Å². The van der Waals surface area contributed by atoms with Crippen LogP contribution in [0.3, 0.4) is 0 Å². The van der Waals surface area contributed by atoms with Crippen LogP contribution in [0.25, 0.3) is 5.76 Å². The Labute approximate surface area is 255 Å². The summed E-state index contributed by atoms with van der Waals surface area (Å²) < 4.78 is 0. The molecule has 1 aromatic rings. The Kier molecular flexibility index (Phi) is 9.01. The number of aliphatic hydroxyl groups is 3. The molecular formula is C29H40ClN5O8. The van der Waals surface area contributed by atoms with Gasteiger partial charge in [-0.05, 0) is 65.3 Å². The maximum atomic E-state index is 14.0. The number of primary amides is 1. The lowest BCUT2D eigenvalue weighted by atomic mass is 9.57. The Bertz CT molecular complexity index is 1460. The highest BCUT2D eigenvalue weighted by Gasteiger charge is 2.64. The van der Waals surface area contributed by atoms with E-state index in [4.69, 9.17) is 5.73 Å². The van der Waals surface area contributed by atoms with Crippen molar-refractivity contribution in [3.05, 3.63) is 34.1 Å². The molecule has 2 amide bonds. The third-order valence-electron chi connectivity index (χ3n) is 8.23. The Morgan fingerprint density at radius 3 is 2.23 bits per heavy atom. The predicted octanol–water partition coefficient (Wildman–Crippen LogP) is 0.778. The van der Waals surface area contributed by atoms with Gasteiger partial charge in [0.15, 0.2) is 11.4 Å². The first kappa shape index (κ1) is 33.8. The maximum Gasteiger partial charge on any atom is 0.255 e.